The van der Waals surface area contributed by atoms with E-state index in [9.17, 15) is 9.59 Å². The van der Waals surface area contributed by atoms with E-state index in [1.54, 1.807) is 0 Å². The molecule has 6 nitrogen and oxygen atoms in total. The number of aliphatic hydroxyl groups is 1. The zero-order valence-corrected chi connectivity index (χ0v) is 10.5. The number of amides is 1. The van der Waals surface area contributed by atoms with Crippen LogP contribution in [0.4, 0.5) is 5.69 Å². The number of halogens is 2. The number of nitrogens with two attached hydrogens (primary N) is 1. The van der Waals surface area contributed by atoms with Crippen molar-refractivity contribution in [2.45, 2.75) is 6.04 Å². The molecule has 0 unspecified atom stereocenters. The fraction of sp³-hybridized carbons (Fsp3) is 0.200. The van der Waals surface area contributed by atoms with Gasteiger partial charge in [-0.2, -0.15) is 0 Å². The number of aliphatic hydroxyl groups excluding tert-OH is 1. The van der Waals surface area contributed by atoms with Crippen molar-refractivity contribution in [3.05, 3.63) is 27.7 Å². The maximum absolute atomic E-state index is 11.7. The van der Waals surface area contributed by atoms with Crippen LogP contribution in [0.3, 0.4) is 0 Å². The number of nitrogen functional groups attached to an aromatic ring is 1. The summed E-state index contributed by atoms with van der Waals surface area (Å²) in [5.41, 5.74) is 5.68. The van der Waals surface area contributed by atoms with Gasteiger partial charge in [0.15, 0.2) is 6.04 Å². The molecule has 0 saturated heterocycles. The van der Waals surface area contributed by atoms with Crippen LogP contribution in [0.1, 0.15) is 10.4 Å². The molecular weight excluding hydrogens is 283 g/mol. The normalized spacial score (nSPS) is 11.9. The van der Waals surface area contributed by atoms with E-state index < -0.39 is 24.5 Å². The van der Waals surface area contributed by atoms with Gasteiger partial charge in [-0.25, -0.2) is 4.79 Å². The zero-order valence-electron chi connectivity index (χ0n) is 8.98. The number of nitrogens with one attached hydrogen (secondary N) is 1. The summed E-state index contributed by atoms with van der Waals surface area (Å²) in [6.45, 7) is -0.725. The summed E-state index contributed by atoms with van der Waals surface area (Å²) in [5, 5.41) is 19.7. The van der Waals surface area contributed by atoms with Gasteiger partial charge in [0.25, 0.3) is 5.91 Å². The van der Waals surface area contributed by atoms with E-state index in [0.29, 0.717) is 0 Å². The lowest BCUT2D eigenvalue weighted by molar-refractivity contribution is -0.140. The fourth-order valence-electron chi connectivity index (χ4n) is 1.14. The molecule has 0 heterocycles. The highest BCUT2D eigenvalue weighted by Crippen LogP contribution is 2.28. The maximum atomic E-state index is 11.7. The quantitative estimate of drug-likeness (QED) is 0.612. The second-order valence-electron chi connectivity index (χ2n) is 3.40. The molecule has 0 aromatic heterocycles. The minimum absolute atomic E-state index is 0.0545. The predicted molar refractivity (Wildman–Crippen MR) is 66.9 cm³/mol. The van der Waals surface area contributed by atoms with Crippen molar-refractivity contribution in [2.75, 3.05) is 12.3 Å². The first-order valence-corrected chi connectivity index (χ1v) is 5.51. The van der Waals surface area contributed by atoms with Crippen LogP contribution in [0.25, 0.3) is 0 Å². The summed E-state index contributed by atoms with van der Waals surface area (Å²) in [7, 11) is 0. The van der Waals surface area contributed by atoms with Crippen molar-refractivity contribution in [3.8, 4) is 0 Å². The molecule has 0 bridgehead atoms. The minimum Gasteiger partial charge on any atom is -0.480 e. The number of rotatable bonds is 4. The van der Waals surface area contributed by atoms with Gasteiger partial charge in [0.1, 0.15) is 0 Å². The molecule has 1 amide bonds. The average Bonchev–Trinajstić information content (AvgIpc) is 2.31. The molecule has 1 rings (SSSR count). The van der Waals surface area contributed by atoms with Gasteiger partial charge in [-0.1, -0.05) is 23.2 Å². The van der Waals surface area contributed by atoms with Crippen molar-refractivity contribution in [1.82, 2.24) is 5.32 Å². The van der Waals surface area contributed by atoms with Gasteiger partial charge in [0, 0.05) is 5.56 Å². The van der Waals surface area contributed by atoms with Gasteiger partial charge >= 0.3 is 5.97 Å². The minimum atomic E-state index is -1.40. The Labute approximate surface area is 112 Å². The summed E-state index contributed by atoms with van der Waals surface area (Å²) in [4.78, 5) is 22.3. The lowest BCUT2D eigenvalue weighted by Crippen LogP contribution is -2.43. The number of carbonyl (C=O) groups excluding carboxylic acids is 1. The van der Waals surface area contributed by atoms with Crippen LogP contribution in [-0.2, 0) is 4.79 Å². The standard InChI is InChI=1S/C10H10Cl2N2O4/c11-5-1-4(2-6(12)8(5)13)9(16)14-7(3-15)10(17)18/h1-2,7,15H,3,13H2,(H,14,16)(H,17,18)/t7-/m0/s1. The van der Waals surface area contributed by atoms with Gasteiger partial charge in [0.2, 0.25) is 0 Å². The fourth-order valence-corrected chi connectivity index (χ4v) is 1.63. The van der Waals surface area contributed by atoms with Gasteiger partial charge in [0.05, 0.1) is 22.3 Å². The highest BCUT2D eigenvalue weighted by atomic mass is 35.5. The first kappa shape index (κ1) is 14.6. The van der Waals surface area contributed by atoms with E-state index in [2.05, 4.69) is 5.32 Å². The molecule has 1 aromatic rings. The number of aliphatic carboxylic acids is 1. The molecule has 0 aliphatic heterocycles. The lowest BCUT2D eigenvalue weighted by atomic mass is 10.1. The first-order chi connectivity index (χ1) is 8.36. The van der Waals surface area contributed by atoms with Crippen LogP contribution < -0.4 is 11.1 Å². The molecule has 0 saturated carbocycles. The Balaban J connectivity index is 2.94. The van der Waals surface area contributed by atoms with Crippen molar-refractivity contribution < 1.29 is 19.8 Å². The van der Waals surface area contributed by atoms with E-state index in [1.807, 2.05) is 0 Å². The third-order valence-electron chi connectivity index (χ3n) is 2.13. The Hall–Kier alpha value is -1.50. The Morgan fingerprint density at radius 1 is 1.33 bits per heavy atom. The van der Waals surface area contributed by atoms with Crippen LogP contribution >= 0.6 is 23.2 Å². The van der Waals surface area contributed by atoms with Crippen LogP contribution in [0, 0.1) is 0 Å². The molecular formula is C10H10Cl2N2O4. The Morgan fingerprint density at radius 3 is 2.22 bits per heavy atom. The van der Waals surface area contributed by atoms with E-state index in [-0.39, 0.29) is 21.3 Å². The van der Waals surface area contributed by atoms with E-state index >= 15 is 0 Å². The summed E-state index contributed by atoms with van der Waals surface area (Å²) < 4.78 is 0. The number of anilines is 1. The number of hydrogen-bond acceptors (Lipinski definition) is 4. The molecule has 1 aromatic carbocycles. The largest absolute Gasteiger partial charge is 0.480 e. The molecule has 0 fully saturated rings. The molecule has 0 aliphatic rings. The third kappa shape index (κ3) is 3.25. The number of carboxylic acids is 1. The topological polar surface area (TPSA) is 113 Å². The van der Waals surface area contributed by atoms with E-state index in [4.69, 9.17) is 39.1 Å². The van der Waals surface area contributed by atoms with Crippen molar-refractivity contribution in [1.29, 1.82) is 0 Å². The summed E-state index contributed by atoms with van der Waals surface area (Å²) in [6.07, 6.45) is 0. The number of hydrogen-bond donors (Lipinski definition) is 4. The van der Waals surface area contributed by atoms with Gasteiger partial charge in [-0.3, -0.25) is 4.79 Å². The molecule has 0 spiro atoms. The van der Waals surface area contributed by atoms with Crippen LogP contribution in [0.5, 0.6) is 0 Å². The van der Waals surface area contributed by atoms with Crippen molar-refractivity contribution >= 4 is 40.8 Å². The predicted octanol–water partition coefficient (Wildman–Crippen LogP) is 0.751. The van der Waals surface area contributed by atoms with E-state index in [0.717, 1.165) is 0 Å². The second-order valence-corrected chi connectivity index (χ2v) is 4.21. The second kappa shape index (κ2) is 5.90. The zero-order chi connectivity index (χ0) is 13.9. The third-order valence-corrected chi connectivity index (χ3v) is 2.75. The first-order valence-electron chi connectivity index (χ1n) is 4.76. The summed E-state index contributed by atoms with van der Waals surface area (Å²) in [6, 6.07) is 1.12. The molecule has 8 heteroatoms. The Morgan fingerprint density at radius 2 is 1.83 bits per heavy atom. The SMILES string of the molecule is Nc1c(Cl)cc(C(=O)N[C@@H](CO)C(=O)O)cc1Cl. The van der Waals surface area contributed by atoms with Gasteiger partial charge in [-0.15, -0.1) is 0 Å². The molecule has 1 atom stereocenters. The Kier molecular flexibility index (Phi) is 4.77. The molecule has 98 valence electrons. The smallest absolute Gasteiger partial charge is 0.328 e. The number of carbonyl (C=O) groups is 2. The van der Waals surface area contributed by atoms with Crippen LogP contribution in [-0.4, -0.2) is 34.7 Å². The van der Waals surface area contributed by atoms with Gasteiger partial charge < -0.3 is 21.3 Å². The molecule has 0 radical (unpaired) electrons. The van der Waals surface area contributed by atoms with Crippen molar-refractivity contribution in [2.24, 2.45) is 0 Å². The Bertz CT molecular complexity index is 470. The molecule has 5 N–H and O–H groups in total. The summed E-state index contributed by atoms with van der Waals surface area (Å²) in [5.74, 6) is -2.07. The van der Waals surface area contributed by atoms with Crippen LogP contribution in [0.2, 0.25) is 10.0 Å². The number of benzene rings is 1. The summed E-state index contributed by atoms with van der Waals surface area (Å²) >= 11 is 11.5. The highest BCUT2D eigenvalue weighted by Gasteiger charge is 2.20. The lowest BCUT2D eigenvalue weighted by Gasteiger charge is -2.12. The average molecular weight is 293 g/mol. The monoisotopic (exact) mass is 292 g/mol. The van der Waals surface area contributed by atoms with Gasteiger partial charge in [-0.05, 0) is 12.1 Å². The van der Waals surface area contributed by atoms with Crippen LogP contribution in [0.15, 0.2) is 12.1 Å². The highest BCUT2D eigenvalue weighted by molar-refractivity contribution is 6.39. The molecule has 18 heavy (non-hydrogen) atoms. The van der Waals surface area contributed by atoms with Crippen molar-refractivity contribution in [3.63, 3.8) is 0 Å². The number of carboxylic acid groups (broad SMARTS) is 1. The molecule has 0 aliphatic carbocycles. The van der Waals surface area contributed by atoms with E-state index in [1.165, 1.54) is 12.1 Å². The maximum Gasteiger partial charge on any atom is 0.328 e.